The standard InChI is InChI=1S/C11H16N2O2.2C2H6.C2H5.W.Y/c1-12-11(14)7-6-9-8-4-2-3-5-10(8)15-13-9;3*1-2;;/h2-7H2,1H3,(H,12,14);2*1-2H3;1H2,2H3;;/q;;;-1;;/p-1. The van der Waals surface area contributed by atoms with Crippen LogP contribution in [0, 0.1) is 6.92 Å². The fourth-order valence-corrected chi connectivity index (χ4v) is 1.98. The topological polar surface area (TPSA) is 57.2 Å². The van der Waals surface area contributed by atoms with Gasteiger partial charge in [0, 0.05) is 65.8 Å². The van der Waals surface area contributed by atoms with Gasteiger partial charge in [-0.25, -0.2) is 0 Å². The summed E-state index contributed by atoms with van der Waals surface area (Å²) >= 11 is 0. The largest absolute Gasteiger partial charge is 0.656 e. The monoisotopic (exact) mass is 569 g/mol. The molecule has 1 aromatic rings. The molecular weight excluding hydrogens is 537 g/mol. The third-order valence-electron chi connectivity index (χ3n) is 2.86. The molecule has 23 heavy (non-hydrogen) atoms. The zero-order valence-electron chi connectivity index (χ0n) is 15.6. The van der Waals surface area contributed by atoms with Crippen LogP contribution >= 0.6 is 0 Å². The van der Waals surface area contributed by atoms with E-state index in [1.165, 1.54) is 25.5 Å². The van der Waals surface area contributed by atoms with Crippen LogP contribution in [0.1, 0.15) is 70.9 Å². The van der Waals surface area contributed by atoms with Crippen molar-refractivity contribution in [3.05, 3.63) is 29.3 Å². The molecule has 2 rings (SSSR count). The van der Waals surface area contributed by atoms with Crippen molar-refractivity contribution in [2.45, 2.75) is 73.1 Å². The summed E-state index contributed by atoms with van der Waals surface area (Å²) in [5.41, 5.74) is 2.20. The molecule has 133 valence electrons. The van der Waals surface area contributed by atoms with E-state index in [-0.39, 0.29) is 59.7 Å². The predicted octanol–water partition coefficient (Wildman–Crippen LogP) is 4.90. The second kappa shape index (κ2) is 22.5. The molecule has 0 bridgehead atoms. The van der Waals surface area contributed by atoms with E-state index in [0.717, 1.165) is 24.3 Å². The Hall–Kier alpha value is 0.472. The Kier molecular flexibility index (Phi) is 30.5. The minimum Gasteiger partial charge on any atom is -0.656 e. The van der Waals surface area contributed by atoms with Crippen LogP contribution < -0.4 is 0 Å². The van der Waals surface area contributed by atoms with Gasteiger partial charge in [0.05, 0.1) is 11.6 Å². The van der Waals surface area contributed by atoms with Gasteiger partial charge in [-0.3, -0.25) is 0 Å². The third-order valence-corrected chi connectivity index (χ3v) is 2.86. The van der Waals surface area contributed by atoms with Gasteiger partial charge in [-0.15, -0.1) is 7.05 Å². The van der Waals surface area contributed by atoms with Crippen molar-refractivity contribution in [1.29, 1.82) is 0 Å². The minimum atomic E-state index is -0.0671. The summed E-state index contributed by atoms with van der Waals surface area (Å²) in [5.74, 6) is 0.958. The van der Waals surface area contributed by atoms with Gasteiger partial charge >= 0.3 is 0 Å². The predicted molar refractivity (Wildman–Crippen MR) is 89.5 cm³/mol. The van der Waals surface area contributed by atoms with Crippen LogP contribution in [0.4, 0.5) is 0 Å². The van der Waals surface area contributed by atoms with Crippen molar-refractivity contribution in [2.24, 2.45) is 0 Å². The summed E-state index contributed by atoms with van der Waals surface area (Å²) in [7, 11) is 1.53. The minimum absolute atomic E-state index is 0. The van der Waals surface area contributed by atoms with Crippen molar-refractivity contribution in [3.63, 3.8) is 0 Å². The second-order valence-corrected chi connectivity index (χ2v) is 3.86. The van der Waals surface area contributed by atoms with Crippen LogP contribution in [0.25, 0.3) is 5.32 Å². The molecule has 4 nitrogen and oxygen atoms in total. The molecule has 1 radical (unpaired) electrons. The fraction of sp³-hybridized carbons (Fsp3) is 0.706. The van der Waals surface area contributed by atoms with Crippen molar-refractivity contribution >= 4 is 5.91 Å². The zero-order valence-corrected chi connectivity index (χ0v) is 21.4. The van der Waals surface area contributed by atoms with E-state index in [9.17, 15) is 4.79 Å². The van der Waals surface area contributed by atoms with Gasteiger partial charge in [-0.1, -0.05) is 32.9 Å². The Morgan fingerprint density at radius 3 is 2.22 bits per heavy atom. The van der Waals surface area contributed by atoms with E-state index in [1.807, 2.05) is 27.7 Å². The molecule has 0 atom stereocenters. The van der Waals surface area contributed by atoms with Crippen molar-refractivity contribution < 1.29 is 63.1 Å². The smallest absolute Gasteiger partial charge is 0.140 e. The fourth-order valence-electron chi connectivity index (χ4n) is 1.98. The van der Waals surface area contributed by atoms with Crippen LogP contribution in [-0.4, -0.2) is 18.1 Å². The summed E-state index contributed by atoms with van der Waals surface area (Å²) in [6.45, 7) is 13.0. The van der Waals surface area contributed by atoms with Gasteiger partial charge in [0.15, 0.2) is 0 Å². The molecular formula is C17H32N2O2WY-2. The molecule has 1 aliphatic carbocycles. The first-order valence-electron chi connectivity index (χ1n) is 8.11. The average Bonchev–Trinajstić information content (AvgIpc) is 3.01. The molecule has 1 aliphatic rings. The zero-order chi connectivity index (χ0) is 16.7. The number of fused-ring (bicyclic) bond motifs is 1. The van der Waals surface area contributed by atoms with Crippen LogP contribution in [0.2, 0.25) is 0 Å². The maximum absolute atomic E-state index is 11.1. The van der Waals surface area contributed by atoms with Gasteiger partial charge in [0.25, 0.3) is 0 Å². The number of hydrogen-bond donors (Lipinski definition) is 0. The molecule has 0 fully saturated rings. The molecule has 6 heteroatoms. The van der Waals surface area contributed by atoms with E-state index >= 15 is 0 Å². The molecule has 1 aromatic heterocycles. The number of aryl methyl sites for hydroxylation is 2. The summed E-state index contributed by atoms with van der Waals surface area (Å²) in [5, 5.41) is 7.64. The van der Waals surface area contributed by atoms with Crippen molar-refractivity contribution in [1.82, 2.24) is 5.16 Å². The Labute approximate surface area is 182 Å². The molecule has 1 amide bonds. The molecule has 0 spiro atoms. The van der Waals surface area contributed by atoms with E-state index in [0.29, 0.717) is 12.8 Å². The summed E-state index contributed by atoms with van der Waals surface area (Å²) < 4.78 is 5.26. The van der Waals surface area contributed by atoms with E-state index in [2.05, 4.69) is 17.4 Å². The van der Waals surface area contributed by atoms with Crippen LogP contribution in [0.15, 0.2) is 4.52 Å². The summed E-state index contributed by atoms with van der Waals surface area (Å²) in [6.07, 6.45) is 5.53. The van der Waals surface area contributed by atoms with E-state index < -0.39 is 0 Å². The van der Waals surface area contributed by atoms with Gasteiger partial charge in [0.2, 0.25) is 0 Å². The first kappa shape index (κ1) is 31.3. The summed E-state index contributed by atoms with van der Waals surface area (Å²) in [4.78, 5) is 11.1. The molecule has 0 saturated carbocycles. The van der Waals surface area contributed by atoms with Crippen LogP contribution in [-0.2, 0) is 77.8 Å². The SMILES string of the molecule is CC.CC.C[N-]C(=O)CCc1noc2c1CCCC2.[CH2-]C.[W].[Y]. The van der Waals surface area contributed by atoms with Gasteiger partial charge in [-0.2, -0.15) is 6.92 Å². The number of nitrogens with zero attached hydrogens (tertiary/aromatic N) is 2. The molecule has 0 N–H and O–H groups in total. The number of aromatic nitrogens is 1. The normalized spacial score (nSPS) is 10.4. The molecule has 0 saturated heterocycles. The quantitative estimate of drug-likeness (QED) is 0.487. The second-order valence-electron chi connectivity index (χ2n) is 3.86. The van der Waals surface area contributed by atoms with Crippen molar-refractivity contribution in [3.8, 4) is 0 Å². The number of hydrogen-bond acceptors (Lipinski definition) is 3. The Morgan fingerprint density at radius 2 is 1.70 bits per heavy atom. The molecule has 1 heterocycles. The van der Waals surface area contributed by atoms with Crippen LogP contribution in [0.3, 0.4) is 0 Å². The van der Waals surface area contributed by atoms with Gasteiger partial charge < -0.3 is 21.6 Å². The summed E-state index contributed by atoms with van der Waals surface area (Å²) in [6, 6.07) is 0. The number of carbonyl (C=O) groups excluding carboxylic acids is 1. The van der Waals surface area contributed by atoms with E-state index in [1.54, 1.807) is 6.92 Å². The Morgan fingerprint density at radius 1 is 1.17 bits per heavy atom. The van der Waals surface area contributed by atoms with Crippen LogP contribution in [0.5, 0.6) is 0 Å². The Bertz CT molecular complexity index is 371. The molecule has 0 aliphatic heterocycles. The number of carbonyl (C=O) groups is 1. The van der Waals surface area contributed by atoms with E-state index in [4.69, 9.17) is 4.52 Å². The first-order valence-corrected chi connectivity index (χ1v) is 8.11. The third kappa shape index (κ3) is 12.5. The van der Waals surface area contributed by atoms with Gasteiger partial charge in [0.1, 0.15) is 5.76 Å². The maximum Gasteiger partial charge on any atom is 0.140 e. The number of rotatable bonds is 3. The molecule has 0 unspecified atom stereocenters. The number of amides is 1. The first-order chi connectivity index (χ1) is 10.3. The maximum atomic E-state index is 11.1. The Balaban J connectivity index is -0.000000204. The molecule has 0 aromatic carbocycles. The average molecular weight is 569 g/mol. The van der Waals surface area contributed by atoms with Crippen molar-refractivity contribution in [2.75, 3.05) is 7.05 Å². The van der Waals surface area contributed by atoms with Gasteiger partial charge in [-0.05, 0) is 32.1 Å².